The van der Waals surface area contributed by atoms with Gasteiger partial charge in [-0.25, -0.2) is 37.3 Å². The highest BCUT2D eigenvalue weighted by atomic mass is 32.2. The van der Waals surface area contributed by atoms with E-state index >= 15 is 0 Å². The van der Waals surface area contributed by atoms with E-state index in [1.807, 2.05) is 0 Å². The molecule has 3 rings (SSSR count). The second kappa shape index (κ2) is 6.09. The van der Waals surface area contributed by atoms with Gasteiger partial charge in [-0.15, -0.1) is 0 Å². The van der Waals surface area contributed by atoms with E-state index in [4.69, 9.17) is 5.14 Å². The topological polar surface area (TPSA) is 127 Å². The Hall–Kier alpha value is -2.66. The van der Waals surface area contributed by atoms with Crippen LogP contribution in [0.1, 0.15) is 0 Å². The molecule has 3 aromatic heterocycles. The summed E-state index contributed by atoms with van der Waals surface area (Å²) in [5.74, 6) is -1.71. The number of pyridine rings is 1. The van der Waals surface area contributed by atoms with E-state index in [0.717, 1.165) is 12.4 Å². The van der Waals surface area contributed by atoms with E-state index in [1.54, 1.807) is 0 Å². The molecule has 24 heavy (non-hydrogen) atoms. The molecule has 0 fully saturated rings. The van der Waals surface area contributed by atoms with Crippen molar-refractivity contribution in [2.75, 3.05) is 17.6 Å². The monoisotopic (exact) mass is 354 g/mol. The molecule has 0 spiro atoms. The Labute approximate surface area is 135 Å². The molecule has 0 aliphatic rings. The van der Waals surface area contributed by atoms with Crippen LogP contribution in [0.2, 0.25) is 0 Å². The van der Waals surface area contributed by atoms with Gasteiger partial charge in [0.1, 0.15) is 11.5 Å². The molecule has 3 heterocycles. The van der Waals surface area contributed by atoms with Gasteiger partial charge in [0.2, 0.25) is 10.0 Å². The molecule has 0 amide bonds. The van der Waals surface area contributed by atoms with Gasteiger partial charge in [-0.3, -0.25) is 0 Å². The highest BCUT2D eigenvalue weighted by Gasteiger charge is 2.14. The van der Waals surface area contributed by atoms with Gasteiger partial charge in [0, 0.05) is 23.7 Å². The van der Waals surface area contributed by atoms with Gasteiger partial charge in [-0.1, -0.05) is 0 Å². The van der Waals surface area contributed by atoms with Crippen molar-refractivity contribution in [2.45, 2.75) is 0 Å². The van der Waals surface area contributed by atoms with Crippen LogP contribution in [0.25, 0.3) is 22.4 Å². The fourth-order valence-corrected chi connectivity index (χ4v) is 2.48. The van der Waals surface area contributed by atoms with Gasteiger partial charge < -0.3 is 10.3 Å². The number of sulfonamides is 1. The minimum Gasteiger partial charge on any atom is -0.366 e. The van der Waals surface area contributed by atoms with Gasteiger partial charge in [-0.05, 0) is 6.07 Å². The van der Waals surface area contributed by atoms with Crippen LogP contribution < -0.4 is 10.5 Å². The Morgan fingerprint density at radius 3 is 2.79 bits per heavy atom. The SMILES string of the molecule is NS(=O)(=O)CCNc1nc(-c2c[nH]c3ncc(F)cc23)ncc1F. The summed E-state index contributed by atoms with van der Waals surface area (Å²) in [6, 6.07) is 1.26. The number of rotatable bonds is 5. The molecule has 0 saturated carbocycles. The number of nitrogens with one attached hydrogen (secondary N) is 2. The Morgan fingerprint density at radius 1 is 1.25 bits per heavy atom. The third-order valence-corrected chi connectivity index (χ3v) is 3.93. The number of nitrogens with zero attached hydrogens (tertiary/aromatic N) is 3. The predicted octanol–water partition coefficient (Wildman–Crippen LogP) is 0.999. The van der Waals surface area contributed by atoms with Gasteiger partial charge >= 0.3 is 0 Å². The Morgan fingerprint density at radius 2 is 2.04 bits per heavy atom. The fraction of sp³-hybridized carbons (Fsp3) is 0.154. The quantitative estimate of drug-likeness (QED) is 0.627. The summed E-state index contributed by atoms with van der Waals surface area (Å²) >= 11 is 0. The number of nitrogens with two attached hydrogens (primary N) is 1. The summed E-state index contributed by atoms with van der Waals surface area (Å²) < 4.78 is 48.9. The van der Waals surface area contributed by atoms with Crippen LogP contribution in [-0.2, 0) is 10.0 Å². The van der Waals surface area contributed by atoms with E-state index < -0.39 is 21.7 Å². The number of aromatic nitrogens is 4. The highest BCUT2D eigenvalue weighted by Crippen LogP contribution is 2.26. The molecule has 0 bridgehead atoms. The molecule has 0 aliphatic carbocycles. The molecule has 0 aliphatic heterocycles. The second-order valence-corrected chi connectivity index (χ2v) is 6.67. The number of hydrogen-bond donors (Lipinski definition) is 3. The maximum atomic E-state index is 13.8. The zero-order valence-electron chi connectivity index (χ0n) is 12.1. The number of aromatic amines is 1. The summed E-state index contributed by atoms with van der Waals surface area (Å²) in [6.07, 6.45) is 3.53. The van der Waals surface area contributed by atoms with Gasteiger partial charge in [-0.2, -0.15) is 0 Å². The zero-order valence-corrected chi connectivity index (χ0v) is 12.9. The molecule has 0 radical (unpaired) electrons. The molecular weight excluding hydrogens is 342 g/mol. The number of primary sulfonamides is 1. The number of halogens is 2. The van der Waals surface area contributed by atoms with Crippen molar-refractivity contribution in [3.05, 3.63) is 36.3 Å². The molecule has 4 N–H and O–H groups in total. The lowest BCUT2D eigenvalue weighted by molar-refractivity contribution is 0.597. The first-order valence-electron chi connectivity index (χ1n) is 6.73. The summed E-state index contributed by atoms with van der Waals surface area (Å²) in [6.45, 7) is -0.115. The molecule has 11 heteroatoms. The van der Waals surface area contributed by atoms with E-state index in [-0.39, 0.29) is 23.9 Å². The Kier molecular flexibility index (Phi) is 4.11. The Bertz CT molecular complexity index is 1000. The van der Waals surface area contributed by atoms with Crippen molar-refractivity contribution >= 4 is 26.9 Å². The van der Waals surface area contributed by atoms with Crippen molar-refractivity contribution in [1.82, 2.24) is 19.9 Å². The molecular formula is C13H12F2N6O2S. The van der Waals surface area contributed by atoms with Gasteiger partial charge in [0.25, 0.3) is 0 Å². The summed E-state index contributed by atoms with van der Waals surface area (Å²) in [5, 5.41) is 7.87. The molecule has 0 aromatic carbocycles. The molecule has 8 nitrogen and oxygen atoms in total. The number of H-pyrrole nitrogens is 1. The first-order valence-corrected chi connectivity index (χ1v) is 8.45. The van der Waals surface area contributed by atoms with Crippen LogP contribution in [0.4, 0.5) is 14.6 Å². The number of hydrogen-bond acceptors (Lipinski definition) is 6. The smallest absolute Gasteiger partial charge is 0.210 e. The molecule has 0 saturated heterocycles. The maximum absolute atomic E-state index is 13.8. The van der Waals surface area contributed by atoms with E-state index in [1.165, 1.54) is 12.3 Å². The zero-order chi connectivity index (χ0) is 17.3. The predicted molar refractivity (Wildman–Crippen MR) is 83.5 cm³/mol. The normalized spacial score (nSPS) is 11.8. The largest absolute Gasteiger partial charge is 0.366 e. The van der Waals surface area contributed by atoms with Crippen LogP contribution in [-0.4, -0.2) is 40.7 Å². The minimum atomic E-state index is -3.68. The summed E-state index contributed by atoms with van der Waals surface area (Å²) in [5.41, 5.74) is 0.870. The van der Waals surface area contributed by atoms with Crippen LogP contribution in [0.5, 0.6) is 0 Å². The summed E-state index contributed by atoms with van der Waals surface area (Å²) in [7, 11) is -3.68. The first-order chi connectivity index (χ1) is 11.3. The van der Waals surface area contributed by atoms with Gasteiger partial charge in [0.15, 0.2) is 17.5 Å². The lowest BCUT2D eigenvalue weighted by Crippen LogP contribution is -2.23. The minimum absolute atomic E-state index is 0.115. The van der Waals surface area contributed by atoms with E-state index in [0.29, 0.717) is 16.6 Å². The van der Waals surface area contributed by atoms with Crippen molar-refractivity contribution < 1.29 is 17.2 Å². The van der Waals surface area contributed by atoms with Crippen LogP contribution >= 0.6 is 0 Å². The lowest BCUT2D eigenvalue weighted by atomic mass is 10.2. The first kappa shape index (κ1) is 16.2. The maximum Gasteiger partial charge on any atom is 0.210 e. The number of anilines is 1. The second-order valence-electron chi connectivity index (χ2n) is 4.94. The third kappa shape index (κ3) is 3.46. The standard InChI is InChI=1S/C13H12F2N6O2S/c14-7-3-8-9(5-19-11(8)18-4-7)12-20-6-10(15)13(21-12)17-1-2-24(16,22)23/h3-6H,1-2H2,(H,18,19)(H2,16,22,23)(H,17,20,21). The van der Waals surface area contributed by atoms with E-state index in [2.05, 4.69) is 25.3 Å². The van der Waals surface area contributed by atoms with Crippen LogP contribution in [0.3, 0.4) is 0 Å². The van der Waals surface area contributed by atoms with Crippen molar-refractivity contribution in [1.29, 1.82) is 0 Å². The molecule has 126 valence electrons. The third-order valence-electron chi connectivity index (χ3n) is 3.16. The fourth-order valence-electron chi connectivity index (χ4n) is 2.10. The molecule has 3 aromatic rings. The van der Waals surface area contributed by atoms with Crippen molar-refractivity contribution in [3.63, 3.8) is 0 Å². The van der Waals surface area contributed by atoms with E-state index in [9.17, 15) is 17.2 Å². The Balaban J connectivity index is 1.93. The average Bonchev–Trinajstić information content (AvgIpc) is 2.91. The van der Waals surface area contributed by atoms with Crippen LogP contribution in [0.15, 0.2) is 24.7 Å². The van der Waals surface area contributed by atoms with Crippen molar-refractivity contribution in [3.8, 4) is 11.4 Å². The average molecular weight is 354 g/mol. The highest BCUT2D eigenvalue weighted by molar-refractivity contribution is 7.89. The summed E-state index contributed by atoms with van der Waals surface area (Å²) in [4.78, 5) is 14.6. The molecule has 0 unspecified atom stereocenters. The molecule has 0 atom stereocenters. The number of fused-ring (bicyclic) bond motifs is 1. The van der Waals surface area contributed by atoms with Gasteiger partial charge in [0.05, 0.1) is 18.1 Å². The van der Waals surface area contributed by atoms with Crippen molar-refractivity contribution in [2.24, 2.45) is 5.14 Å². The lowest BCUT2D eigenvalue weighted by Gasteiger charge is -2.07. The van der Waals surface area contributed by atoms with Crippen LogP contribution in [0, 0.1) is 11.6 Å².